The lowest BCUT2D eigenvalue weighted by Gasteiger charge is -2.18. The third-order valence-corrected chi connectivity index (χ3v) is 1.98. The molecule has 11 heavy (non-hydrogen) atoms. The fraction of sp³-hybridized carbons (Fsp3) is 0.222. The van der Waals surface area contributed by atoms with Crippen molar-refractivity contribution in [3.63, 3.8) is 0 Å². The summed E-state index contributed by atoms with van der Waals surface area (Å²) in [5.41, 5.74) is 0.839. The van der Waals surface area contributed by atoms with E-state index in [0.29, 0.717) is 0 Å². The van der Waals surface area contributed by atoms with Gasteiger partial charge in [-0.15, -0.1) is 0 Å². The first kappa shape index (κ1) is 6.40. The Morgan fingerprint density at radius 3 is 3.00 bits per heavy atom. The molecule has 1 atom stereocenters. The Morgan fingerprint density at radius 1 is 1.45 bits per heavy atom. The third kappa shape index (κ3) is 0.827. The van der Waals surface area contributed by atoms with Crippen molar-refractivity contribution in [2.45, 2.75) is 13.0 Å². The van der Waals surface area contributed by atoms with Crippen LogP contribution in [-0.2, 0) is 4.79 Å². The molecule has 0 spiro atoms. The summed E-state index contributed by atoms with van der Waals surface area (Å²) in [5.74, 6) is 0.214. The zero-order valence-corrected chi connectivity index (χ0v) is 6.32. The predicted octanol–water partition coefficient (Wildman–Crippen LogP) is 1.23. The zero-order valence-electron chi connectivity index (χ0n) is 6.32. The van der Waals surface area contributed by atoms with Crippen LogP contribution in [0.3, 0.4) is 0 Å². The van der Waals surface area contributed by atoms with E-state index in [1.54, 1.807) is 0 Å². The zero-order chi connectivity index (χ0) is 7.84. The number of allylic oxidation sites excluding steroid dienone is 2. The van der Waals surface area contributed by atoms with E-state index in [4.69, 9.17) is 0 Å². The van der Waals surface area contributed by atoms with Gasteiger partial charge < -0.3 is 4.90 Å². The van der Waals surface area contributed by atoms with Crippen molar-refractivity contribution in [2.75, 3.05) is 0 Å². The monoisotopic (exact) mass is 147 g/mol. The molecular formula is C9H9NO. The van der Waals surface area contributed by atoms with Gasteiger partial charge >= 0.3 is 0 Å². The number of carbonyl (C=O) groups excluding carboxylic acids is 1. The summed E-state index contributed by atoms with van der Waals surface area (Å²) in [5, 5.41) is 0. The summed E-state index contributed by atoms with van der Waals surface area (Å²) in [6.07, 6.45) is 9.55. The van der Waals surface area contributed by atoms with Crippen molar-refractivity contribution >= 4 is 5.78 Å². The van der Waals surface area contributed by atoms with Crippen LogP contribution in [0.1, 0.15) is 6.92 Å². The maximum Gasteiger partial charge on any atom is 0.186 e. The van der Waals surface area contributed by atoms with E-state index in [0.717, 1.165) is 5.57 Å². The van der Waals surface area contributed by atoms with Crippen LogP contribution in [0, 0.1) is 0 Å². The Hall–Kier alpha value is -1.31. The molecule has 0 amide bonds. The SMILES string of the molecule is CC1=CN2C=CC=CC2C1=O. The number of hydrogen-bond donors (Lipinski definition) is 0. The fourth-order valence-electron chi connectivity index (χ4n) is 1.38. The summed E-state index contributed by atoms with van der Waals surface area (Å²) >= 11 is 0. The van der Waals surface area contributed by atoms with Crippen LogP contribution >= 0.6 is 0 Å². The van der Waals surface area contributed by atoms with Crippen molar-refractivity contribution in [3.05, 3.63) is 36.2 Å². The summed E-state index contributed by atoms with van der Waals surface area (Å²) in [6.45, 7) is 1.85. The molecule has 0 N–H and O–H groups in total. The first-order valence-electron chi connectivity index (χ1n) is 3.64. The van der Waals surface area contributed by atoms with Gasteiger partial charge in [0.15, 0.2) is 5.78 Å². The normalized spacial score (nSPS) is 27.4. The lowest BCUT2D eigenvalue weighted by molar-refractivity contribution is -0.116. The molecule has 2 rings (SSSR count). The van der Waals surface area contributed by atoms with Crippen molar-refractivity contribution in [3.8, 4) is 0 Å². The van der Waals surface area contributed by atoms with Crippen LogP contribution < -0.4 is 0 Å². The van der Waals surface area contributed by atoms with Crippen LogP contribution in [0.4, 0.5) is 0 Å². The van der Waals surface area contributed by atoms with Gasteiger partial charge in [-0.25, -0.2) is 0 Å². The largest absolute Gasteiger partial charge is 0.340 e. The van der Waals surface area contributed by atoms with Gasteiger partial charge in [-0.3, -0.25) is 4.79 Å². The molecule has 0 aromatic heterocycles. The maximum absolute atomic E-state index is 11.3. The number of rotatable bonds is 0. The maximum atomic E-state index is 11.3. The van der Waals surface area contributed by atoms with Gasteiger partial charge in [0, 0.05) is 18.0 Å². The third-order valence-electron chi connectivity index (χ3n) is 1.98. The topological polar surface area (TPSA) is 20.3 Å². The van der Waals surface area contributed by atoms with E-state index in [-0.39, 0.29) is 11.8 Å². The minimum Gasteiger partial charge on any atom is -0.340 e. The molecule has 2 aliphatic heterocycles. The second-order valence-corrected chi connectivity index (χ2v) is 2.79. The highest BCUT2D eigenvalue weighted by Crippen LogP contribution is 2.21. The molecule has 0 radical (unpaired) electrons. The number of Topliss-reactive ketones (excluding diaryl/α,β-unsaturated/α-hetero) is 1. The molecule has 2 nitrogen and oxygen atoms in total. The van der Waals surface area contributed by atoms with Gasteiger partial charge in [0.05, 0.1) is 0 Å². The molecule has 1 unspecified atom stereocenters. The fourth-order valence-corrected chi connectivity index (χ4v) is 1.38. The molecule has 0 saturated carbocycles. The van der Waals surface area contributed by atoms with E-state index in [1.165, 1.54) is 0 Å². The summed E-state index contributed by atoms with van der Waals surface area (Å²) in [4.78, 5) is 13.3. The van der Waals surface area contributed by atoms with E-state index in [2.05, 4.69) is 0 Å². The first-order chi connectivity index (χ1) is 5.29. The highest BCUT2D eigenvalue weighted by Gasteiger charge is 2.28. The Balaban J connectivity index is 2.37. The van der Waals surface area contributed by atoms with Crippen LogP contribution in [0.2, 0.25) is 0 Å². The van der Waals surface area contributed by atoms with Crippen LogP contribution in [0.25, 0.3) is 0 Å². The lowest BCUT2D eigenvalue weighted by Crippen LogP contribution is -2.27. The van der Waals surface area contributed by atoms with E-state index in [9.17, 15) is 4.79 Å². The molecular weight excluding hydrogens is 138 g/mol. The highest BCUT2D eigenvalue weighted by atomic mass is 16.1. The molecule has 0 aromatic rings. The van der Waals surface area contributed by atoms with Crippen LogP contribution in [-0.4, -0.2) is 16.7 Å². The van der Waals surface area contributed by atoms with Crippen molar-refractivity contribution in [2.24, 2.45) is 0 Å². The van der Waals surface area contributed by atoms with Gasteiger partial charge in [-0.1, -0.05) is 12.2 Å². The molecule has 2 heterocycles. The van der Waals surface area contributed by atoms with Gasteiger partial charge in [0.1, 0.15) is 6.04 Å². The molecule has 2 heteroatoms. The van der Waals surface area contributed by atoms with Crippen molar-refractivity contribution < 1.29 is 4.79 Å². The molecule has 56 valence electrons. The summed E-state index contributed by atoms with van der Waals surface area (Å²) in [7, 11) is 0. The minimum atomic E-state index is -0.0556. The Kier molecular flexibility index (Phi) is 1.22. The van der Waals surface area contributed by atoms with Gasteiger partial charge in [-0.05, 0) is 13.0 Å². The van der Waals surface area contributed by atoms with Gasteiger partial charge in [0.2, 0.25) is 0 Å². The predicted molar refractivity (Wildman–Crippen MR) is 42.7 cm³/mol. The number of fused-ring (bicyclic) bond motifs is 1. The number of ketones is 1. The van der Waals surface area contributed by atoms with Gasteiger partial charge in [-0.2, -0.15) is 0 Å². The lowest BCUT2D eigenvalue weighted by atomic mass is 10.1. The Bertz CT molecular complexity index is 286. The number of nitrogens with zero attached hydrogens (tertiary/aromatic N) is 1. The molecule has 0 saturated heterocycles. The van der Waals surface area contributed by atoms with Gasteiger partial charge in [0.25, 0.3) is 0 Å². The highest BCUT2D eigenvalue weighted by molar-refractivity contribution is 6.02. The summed E-state index contributed by atoms with van der Waals surface area (Å²) < 4.78 is 0. The second-order valence-electron chi connectivity index (χ2n) is 2.79. The van der Waals surface area contributed by atoms with Crippen LogP contribution in [0.15, 0.2) is 36.2 Å². The standard InChI is InChI=1S/C9H9NO/c1-7-6-10-5-3-2-4-8(10)9(7)11/h2-6,8H,1H3. The van der Waals surface area contributed by atoms with E-state index < -0.39 is 0 Å². The molecule has 0 aliphatic carbocycles. The molecule has 0 aromatic carbocycles. The Labute approximate surface area is 65.5 Å². The molecule has 0 bridgehead atoms. The Morgan fingerprint density at radius 2 is 2.27 bits per heavy atom. The van der Waals surface area contributed by atoms with Crippen molar-refractivity contribution in [1.82, 2.24) is 4.90 Å². The minimum absolute atomic E-state index is 0.0556. The van der Waals surface area contributed by atoms with Crippen LogP contribution in [0.5, 0.6) is 0 Å². The molecule has 2 aliphatic rings. The average molecular weight is 147 g/mol. The average Bonchev–Trinajstić information content (AvgIpc) is 2.30. The smallest absolute Gasteiger partial charge is 0.186 e. The quantitative estimate of drug-likeness (QED) is 0.513. The second kappa shape index (κ2) is 2.09. The number of carbonyl (C=O) groups is 1. The molecule has 0 fully saturated rings. The van der Waals surface area contributed by atoms with E-state index >= 15 is 0 Å². The van der Waals surface area contributed by atoms with E-state index in [1.807, 2.05) is 42.5 Å². The first-order valence-corrected chi connectivity index (χ1v) is 3.64. The van der Waals surface area contributed by atoms with Crippen molar-refractivity contribution in [1.29, 1.82) is 0 Å². The number of hydrogen-bond acceptors (Lipinski definition) is 2. The summed E-state index contributed by atoms with van der Waals surface area (Å²) in [6, 6.07) is -0.0556.